The molecule has 5 nitrogen and oxygen atoms in total. The van der Waals surface area contributed by atoms with E-state index in [-0.39, 0.29) is 17.5 Å². The first kappa shape index (κ1) is 19.5. The predicted octanol–water partition coefficient (Wildman–Crippen LogP) is 3.96. The van der Waals surface area contributed by atoms with Crippen molar-refractivity contribution in [2.24, 2.45) is 11.7 Å². The minimum absolute atomic E-state index is 0.0412. The van der Waals surface area contributed by atoms with Crippen molar-refractivity contribution in [2.45, 2.75) is 32.2 Å². The van der Waals surface area contributed by atoms with E-state index in [2.05, 4.69) is 11.2 Å². The number of rotatable bonds is 6. The van der Waals surface area contributed by atoms with Crippen molar-refractivity contribution in [3.05, 3.63) is 63.2 Å². The quantitative estimate of drug-likeness (QED) is 0.626. The number of nitrogens with two attached hydrogens (primary N) is 1. The minimum atomic E-state index is -0.281. The fourth-order valence-electron chi connectivity index (χ4n) is 3.86. The van der Waals surface area contributed by atoms with Crippen LogP contribution in [0.25, 0.3) is 11.3 Å². The number of nitrogens with zero attached hydrogens (tertiary/aromatic N) is 3. The van der Waals surface area contributed by atoms with Crippen LogP contribution < -0.4 is 5.73 Å². The number of halogens is 1. The van der Waals surface area contributed by atoms with Crippen LogP contribution in [0.4, 0.5) is 4.39 Å². The lowest BCUT2D eigenvalue weighted by molar-refractivity contribution is 0.0966. The summed E-state index contributed by atoms with van der Waals surface area (Å²) < 4.78 is 15.3. The molecule has 0 spiro atoms. The van der Waals surface area contributed by atoms with Crippen LogP contribution >= 0.6 is 11.3 Å². The van der Waals surface area contributed by atoms with Gasteiger partial charge in [0.1, 0.15) is 11.9 Å². The molecule has 7 heteroatoms. The Balaban J connectivity index is 1.56. The fourth-order valence-corrected chi connectivity index (χ4v) is 5.01. The number of nitriles is 1. The second-order valence-corrected chi connectivity index (χ2v) is 8.49. The normalized spacial score (nSPS) is 13.8. The molecule has 1 atom stereocenters. The summed E-state index contributed by atoms with van der Waals surface area (Å²) >= 11 is 1.50. The van der Waals surface area contributed by atoms with E-state index in [1.165, 1.54) is 23.5 Å². The van der Waals surface area contributed by atoms with Gasteiger partial charge in [-0.2, -0.15) is 10.4 Å². The molecule has 0 saturated carbocycles. The van der Waals surface area contributed by atoms with E-state index in [0.29, 0.717) is 29.8 Å². The molecule has 0 bridgehead atoms. The summed E-state index contributed by atoms with van der Waals surface area (Å²) in [6.45, 7) is 1.13. The van der Waals surface area contributed by atoms with Gasteiger partial charge in [0.15, 0.2) is 5.78 Å². The third-order valence-corrected chi connectivity index (χ3v) is 6.53. The van der Waals surface area contributed by atoms with Crippen LogP contribution in [0.15, 0.2) is 36.5 Å². The molecule has 1 unspecified atom stereocenters. The Labute approximate surface area is 172 Å². The zero-order chi connectivity index (χ0) is 20.4. The van der Waals surface area contributed by atoms with Gasteiger partial charge in [-0.05, 0) is 55.5 Å². The molecule has 0 fully saturated rings. The smallest absolute Gasteiger partial charge is 0.173 e. The van der Waals surface area contributed by atoms with Gasteiger partial charge in [-0.3, -0.25) is 9.48 Å². The van der Waals surface area contributed by atoms with Crippen molar-refractivity contribution in [1.82, 2.24) is 9.78 Å². The lowest BCUT2D eigenvalue weighted by atomic mass is 9.93. The van der Waals surface area contributed by atoms with Crippen molar-refractivity contribution in [1.29, 1.82) is 5.26 Å². The maximum Gasteiger partial charge on any atom is 0.173 e. The van der Waals surface area contributed by atoms with Crippen molar-refractivity contribution < 1.29 is 9.18 Å². The minimum Gasteiger partial charge on any atom is -0.330 e. The number of ketones is 1. The lowest BCUT2D eigenvalue weighted by Gasteiger charge is -2.13. The molecule has 2 aromatic heterocycles. The van der Waals surface area contributed by atoms with Gasteiger partial charge in [-0.1, -0.05) is 12.1 Å². The third-order valence-electron chi connectivity index (χ3n) is 5.29. The van der Waals surface area contributed by atoms with Crippen molar-refractivity contribution in [3.63, 3.8) is 0 Å². The molecule has 0 aliphatic carbocycles. The maximum absolute atomic E-state index is 13.4. The monoisotopic (exact) mass is 408 g/mol. The Hall–Kier alpha value is -2.82. The summed E-state index contributed by atoms with van der Waals surface area (Å²) in [6, 6.07) is 10.5. The molecule has 0 amide bonds. The number of carbonyl (C=O) groups excluding carboxylic acids is 1. The number of fused-ring (bicyclic) bond motifs is 3. The average Bonchev–Trinajstić information content (AvgIpc) is 3.27. The molecule has 3 aromatic rings. The van der Waals surface area contributed by atoms with Crippen LogP contribution in [0, 0.1) is 23.1 Å². The standard InChI is InChI=1S/C22H21FN4OS/c23-17-4-1-3-14(8-17)7-15(11-24)9-19(28)21-10-18-20(29-21)5-2-6-27-22(18)16(12-25)13-26-27/h1,3-4,8,10,13,15H,2,5-7,9,11,24H2. The number of thiophene rings is 1. The van der Waals surface area contributed by atoms with Gasteiger partial charge in [0.25, 0.3) is 0 Å². The average molecular weight is 409 g/mol. The number of hydrogen-bond donors (Lipinski definition) is 1. The lowest BCUT2D eigenvalue weighted by Crippen LogP contribution is -2.20. The zero-order valence-electron chi connectivity index (χ0n) is 15.9. The van der Waals surface area contributed by atoms with E-state index in [1.54, 1.807) is 12.3 Å². The molecule has 1 aliphatic heterocycles. The van der Waals surface area contributed by atoms with Crippen LogP contribution in [0.5, 0.6) is 0 Å². The van der Waals surface area contributed by atoms with Gasteiger partial charge >= 0.3 is 0 Å². The SMILES string of the molecule is N#Cc1cnn2c1-c1cc(C(=O)CC(CN)Cc3cccc(F)c3)sc1CCC2. The number of aromatic nitrogens is 2. The molecule has 0 radical (unpaired) electrons. The molecule has 2 N–H and O–H groups in total. The maximum atomic E-state index is 13.4. The molecular weight excluding hydrogens is 387 g/mol. The largest absolute Gasteiger partial charge is 0.330 e. The van der Waals surface area contributed by atoms with E-state index in [0.717, 1.165) is 41.1 Å². The summed E-state index contributed by atoms with van der Waals surface area (Å²) in [6.07, 6.45) is 4.26. The molecular formula is C22H21FN4OS. The van der Waals surface area contributed by atoms with E-state index < -0.39 is 0 Å². The highest BCUT2D eigenvalue weighted by Crippen LogP contribution is 2.37. The van der Waals surface area contributed by atoms with Crippen molar-refractivity contribution in [3.8, 4) is 17.3 Å². The zero-order valence-corrected chi connectivity index (χ0v) is 16.7. The summed E-state index contributed by atoms with van der Waals surface area (Å²) in [5.41, 5.74) is 9.04. The van der Waals surface area contributed by atoms with E-state index in [9.17, 15) is 14.4 Å². The Morgan fingerprint density at radius 2 is 2.28 bits per heavy atom. The molecule has 148 valence electrons. The number of aryl methyl sites for hydroxylation is 2. The summed E-state index contributed by atoms with van der Waals surface area (Å²) in [5, 5.41) is 13.7. The molecule has 1 aliphatic rings. The number of carbonyl (C=O) groups is 1. The summed E-state index contributed by atoms with van der Waals surface area (Å²) in [5.74, 6) is -0.289. The number of Topliss-reactive ketones (excluding diaryl/α,β-unsaturated/α-hetero) is 1. The van der Waals surface area contributed by atoms with E-state index in [4.69, 9.17) is 5.73 Å². The summed E-state index contributed by atoms with van der Waals surface area (Å²) in [7, 11) is 0. The van der Waals surface area contributed by atoms with Crippen molar-refractivity contribution >= 4 is 17.1 Å². The van der Waals surface area contributed by atoms with Crippen molar-refractivity contribution in [2.75, 3.05) is 6.54 Å². The van der Waals surface area contributed by atoms with Gasteiger partial charge in [0.2, 0.25) is 0 Å². The van der Waals surface area contributed by atoms with Gasteiger partial charge in [-0.25, -0.2) is 4.39 Å². The van der Waals surface area contributed by atoms with E-state index >= 15 is 0 Å². The first-order valence-corrected chi connectivity index (χ1v) is 10.5. The molecule has 29 heavy (non-hydrogen) atoms. The second-order valence-electron chi connectivity index (χ2n) is 7.36. The van der Waals surface area contributed by atoms with Crippen LogP contribution in [-0.2, 0) is 19.4 Å². The Kier molecular flexibility index (Phi) is 5.56. The molecule has 4 rings (SSSR count). The van der Waals surface area contributed by atoms with Crippen LogP contribution in [0.3, 0.4) is 0 Å². The molecule has 3 heterocycles. The van der Waals surface area contributed by atoms with Gasteiger partial charge in [0, 0.05) is 23.4 Å². The van der Waals surface area contributed by atoms with Crippen LogP contribution in [0.1, 0.15) is 38.5 Å². The highest BCUT2D eigenvalue weighted by atomic mass is 32.1. The van der Waals surface area contributed by atoms with Gasteiger partial charge in [-0.15, -0.1) is 11.3 Å². The van der Waals surface area contributed by atoms with Gasteiger partial charge < -0.3 is 5.73 Å². The molecule has 0 saturated heterocycles. The summed E-state index contributed by atoms with van der Waals surface area (Å²) in [4.78, 5) is 14.8. The third kappa shape index (κ3) is 4.00. The number of hydrogen-bond acceptors (Lipinski definition) is 5. The Morgan fingerprint density at radius 1 is 1.41 bits per heavy atom. The molecule has 1 aromatic carbocycles. The second kappa shape index (κ2) is 8.27. The van der Waals surface area contributed by atoms with Gasteiger partial charge in [0.05, 0.1) is 22.3 Å². The Morgan fingerprint density at radius 3 is 3.03 bits per heavy atom. The highest BCUT2D eigenvalue weighted by molar-refractivity contribution is 7.14. The van der Waals surface area contributed by atoms with Crippen LogP contribution in [0.2, 0.25) is 0 Å². The Bertz CT molecular complexity index is 1090. The fraction of sp³-hybridized carbons (Fsp3) is 0.318. The van der Waals surface area contributed by atoms with Crippen LogP contribution in [-0.4, -0.2) is 22.1 Å². The first-order valence-electron chi connectivity index (χ1n) is 9.65. The predicted molar refractivity (Wildman–Crippen MR) is 110 cm³/mol. The van der Waals surface area contributed by atoms with E-state index in [1.807, 2.05) is 16.8 Å². The highest BCUT2D eigenvalue weighted by Gasteiger charge is 2.24. The first-order chi connectivity index (χ1) is 14.1. The number of benzene rings is 1. The topological polar surface area (TPSA) is 84.7 Å².